The summed E-state index contributed by atoms with van der Waals surface area (Å²) in [7, 11) is 6.94. The summed E-state index contributed by atoms with van der Waals surface area (Å²) in [4.78, 5) is 0. The zero-order chi connectivity index (χ0) is 30.1. The Morgan fingerprint density at radius 1 is 0.690 bits per heavy atom. The van der Waals surface area contributed by atoms with Crippen LogP contribution in [0.1, 0.15) is 101 Å². The van der Waals surface area contributed by atoms with Crippen molar-refractivity contribution in [2.75, 3.05) is 27.7 Å². The highest BCUT2D eigenvalue weighted by Gasteiger charge is 2.42. The maximum Gasteiger partial charge on any atom is 0.112 e. The fourth-order valence-corrected chi connectivity index (χ4v) is 7.73. The second-order valence-electron chi connectivity index (χ2n) is 15.2. The van der Waals surface area contributed by atoms with Crippen LogP contribution in [0.4, 0.5) is 0 Å². The van der Waals surface area contributed by atoms with Crippen molar-refractivity contribution in [3.63, 3.8) is 0 Å². The molecule has 3 aromatic carbocycles. The molecule has 42 heavy (non-hydrogen) atoms. The molecule has 1 heterocycles. The van der Waals surface area contributed by atoms with E-state index < -0.39 is 0 Å². The molecule has 0 bridgehead atoms. The Hall–Kier alpha value is -2.56. The van der Waals surface area contributed by atoms with E-state index in [1.165, 1.54) is 109 Å². The molecule has 4 heteroatoms. The Bertz CT molecular complexity index is 1510. The Kier molecular flexibility index (Phi) is 8.98. The van der Waals surface area contributed by atoms with Crippen LogP contribution >= 0.6 is 11.7 Å². The van der Waals surface area contributed by atoms with Crippen LogP contribution in [-0.2, 0) is 5.41 Å². The maximum absolute atomic E-state index is 4.75. The molecule has 0 fully saturated rings. The second-order valence-corrected chi connectivity index (χ2v) is 15.8. The summed E-state index contributed by atoms with van der Waals surface area (Å²) < 4.78 is 10.4. The Balaban J connectivity index is 1.54. The topological polar surface area (TPSA) is 25.8 Å². The van der Waals surface area contributed by atoms with E-state index in [0.29, 0.717) is 5.41 Å². The lowest BCUT2D eigenvalue weighted by Crippen LogP contribution is -2.35. The fraction of sp³-hybridized carbons (Fsp3) is 0.526. The van der Waals surface area contributed by atoms with Crippen molar-refractivity contribution in [2.45, 2.75) is 97.8 Å². The van der Waals surface area contributed by atoms with Gasteiger partial charge in [0.15, 0.2) is 0 Å². The van der Waals surface area contributed by atoms with E-state index >= 15 is 0 Å². The molecular formula is C38H52N3S+. The van der Waals surface area contributed by atoms with Gasteiger partial charge in [-0.3, -0.25) is 0 Å². The highest BCUT2D eigenvalue weighted by atomic mass is 32.1. The molecule has 3 nitrogen and oxygen atoms in total. The number of benzene rings is 3. The van der Waals surface area contributed by atoms with Gasteiger partial charge in [-0.05, 0) is 90.8 Å². The number of unbranched alkanes of at least 4 members (excludes halogenated alkanes) is 4. The fourth-order valence-electron chi connectivity index (χ4n) is 7.11. The number of fused-ring (bicyclic) bond motifs is 4. The zero-order valence-electron chi connectivity index (χ0n) is 27.4. The van der Waals surface area contributed by atoms with E-state index in [1.54, 1.807) is 11.1 Å². The van der Waals surface area contributed by atoms with Gasteiger partial charge >= 0.3 is 0 Å². The van der Waals surface area contributed by atoms with Crippen molar-refractivity contribution >= 4 is 22.8 Å². The van der Waals surface area contributed by atoms with Crippen LogP contribution in [0.3, 0.4) is 0 Å². The average molecular weight is 583 g/mol. The molecule has 5 rings (SSSR count). The van der Waals surface area contributed by atoms with E-state index in [2.05, 4.69) is 109 Å². The highest BCUT2D eigenvalue weighted by molar-refractivity contribution is 7.00. The molecule has 0 aliphatic heterocycles. The van der Waals surface area contributed by atoms with Crippen LogP contribution in [0.5, 0.6) is 0 Å². The van der Waals surface area contributed by atoms with Gasteiger partial charge in [-0.25, -0.2) is 0 Å². The van der Waals surface area contributed by atoms with Crippen molar-refractivity contribution in [1.82, 2.24) is 8.75 Å². The monoisotopic (exact) mass is 582 g/mol. The molecule has 0 saturated carbocycles. The van der Waals surface area contributed by atoms with Gasteiger partial charge in [-0.1, -0.05) is 94.5 Å². The smallest absolute Gasteiger partial charge is 0.112 e. The number of rotatable bonds is 12. The van der Waals surface area contributed by atoms with E-state index in [4.69, 9.17) is 4.37 Å². The second kappa shape index (κ2) is 12.2. The van der Waals surface area contributed by atoms with E-state index in [1.807, 2.05) is 0 Å². The Labute approximate surface area is 259 Å². The van der Waals surface area contributed by atoms with Crippen molar-refractivity contribution in [3.05, 3.63) is 70.8 Å². The molecule has 1 atom stereocenters. The molecule has 1 aliphatic rings. The van der Waals surface area contributed by atoms with Crippen LogP contribution < -0.4 is 0 Å². The normalized spacial score (nSPS) is 16.7. The molecule has 0 radical (unpaired) electrons. The number of aromatic nitrogens is 2. The zero-order valence-corrected chi connectivity index (χ0v) is 28.3. The molecule has 0 spiro atoms. The van der Waals surface area contributed by atoms with E-state index in [-0.39, 0.29) is 5.41 Å². The molecule has 0 amide bonds. The minimum Gasteiger partial charge on any atom is -0.331 e. The Morgan fingerprint density at radius 2 is 1.31 bits per heavy atom. The van der Waals surface area contributed by atoms with Crippen molar-refractivity contribution in [3.8, 4) is 22.3 Å². The van der Waals surface area contributed by atoms with Gasteiger partial charge < -0.3 is 4.48 Å². The molecular weight excluding hydrogens is 531 g/mol. The molecule has 224 valence electrons. The first-order chi connectivity index (χ1) is 19.9. The van der Waals surface area contributed by atoms with Crippen LogP contribution in [0.2, 0.25) is 0 Å². The lowest BCUT2D eigenvalue weighted by atomic mass is 9.70. The third-order valence-electron chi connectivity index (χ3n) is 9.41. The minimum atomic E-state index is 0.0646. The highest BCUT2D eigenvalue weighted by Crippen LogP contribution is 2.55. The van der Waals surface area contributed by atoms with Crippen LogP contribution in [0, 0.1) is 19.3 Å². The molecule has 0 N–H and O–H groups in total. The van der Waals surface area contributed by atoms with E-state index in [0.717, 1.165) is 15.5 Å². The van der Waals surface area contributed by atoms with Gasteiger partial charge in [0.25, 0.3) is 0 Å². The summed E-state index contributed by atoms with van der Waals surface area (Å²) in [5.41, 5.74) is 13.6. The molecule has 1 aliphatic carbocycles. The third kappa shape index (κ3) is 6.65. The predicted octanol–water partition coefficient (Wildman–Crippen LogP) is 10.5. The quantitative estimate of drug-likeness (QED) is 0.123. The first kappa shape index (κ1) is 30.9. The van der Waals surface area contributed by atoms with Crippen LogP contribution in [0.15, 0.2) is 48.5 Å². The molecule has 1 aromatic heterocycles. The largest absolute Gasteiger partial charge is 0.331 e. The van der Waals surface area contributed by atoms with Crippen molar-refractivity contribution < 1.29 is 4.48 Å². The first-order valence-corrected chi connectivity index (χ1v) is 16.9. The number of aryl methyl sites for hydroxylation is 2. The van der Waals surface area contributed by atoms with Gasteiger partial charge in [0.1, 0.15) is 11.0 Å². The number of quaternary nitrogens is 1. The lowest BCUT2D eigenvalue weighted by molar-refractivity contribution is -0.870. The Morgan fingerprint density at radius 3 is 2.00 bits per heavy atom. The maximum atomic E-state index is 4.75. The van der Waals surface area contributed by atoms with Crippen molar-refractivity contribution in [1.29, 1.82) is 0 Å². The third-order valence-corrected chi connectivity index (χ3v) is 9.94. The molecule has 1 unspecified atom stereocenters. The van der Waals surface area contributed by atoms with Gasteiger partial charge in [-0.2, -0.15) is 8.75 Å². The first-order valence-electron chi connectivity index (χ1n) is 16.2. The van der Waals surface area contributed by atoms with Gasteiger partial charge in [0.05, 0.1) is 39.4 Å². The number of nitrogens with zero attached hydrogens (tertiary/aromatic N) is 3. The number of hydrogen-bond acceptors (Lipinski definition) is 3. The van der Waals surface area contributed by atoms with Crippen molar-refractivity contribution in [2.24, 2.45) is 5.41 Å². The lowest BCUT2D eigenvalue weighted by Gasteiger charge is -2.33. The van der Waals surface area contributed by atoms with E-state index in [9.17, 15) is 0 Å². The summed E-state index contributed by atoms with van der Waals surface area (Å²) in [6, 6.07) is 19.0. The molecule has 0 saturated heterocycles. The van der Waals surface area contributed by atoms with Gasteiger partial charge in [-0.15, -0.1) is 0 Å². The summed E-state index contributed by atoms with van der Waals surface area (Å²) in [5.74, 6) is 0. The predicted molar refractivity (Wildman–Crippen MR) is 182 cm³/mol. The van der Waals surface area contributed by atoms with Crippen LogP contribution in [-0.4, -0.2) is 40.9 Å². The minimum absolute atomic E-state index is 0.0646. The average Bonchev–Trinajstić information content (AvgIpc) is 3.50. The summed E-state index contributed by atoms with van der Waals surface area (Å²) in [5, 5.41) is 0. The molecule has 4 aromatic rings. The summed E-state index contributed by atoms with van der Waals surface area (Å²) in [6.07, 6.45) is 11.5. The number of hydrogen-bond donors (Lipinski definition) is 0. The van der Waals surface area contributed by atoms with Crippen LogP contribution in [0.25, 0.3) is 33.3 Å². The SMILES string of the molecule is Cc1ccc2c(c1)C(CCCCCC(C)(C)C)(CCCCC[N+](C)(C)C)c1cc(-c3ccc(C)c4nsnc34)ccc1-2. The summed E-state index contributed by atoms with van der Waals surface area (Å²) in [6.45, 7) is 12.8. The standard InChI is InChI=1S/C38H52N3S/c1-27-15-18-31-32-20-17-29(30-19-16-28(2)35-36(30)40-42-39-35)26-34(32)38(33(31)25-27,22-12-9-11-21-37(3,4)5)23-13-10-14-24-41(6,7)8/h15-20,25-26H,9-14,21-24H2,1-8H3/q+1. The van der Waals surface area contributed by atoms with Gasteiger partial charge in [0.2, 0.25) is 0 Å². The van der Waals surface area contributed by atoms with Gasteiger partial charge in [0, 0.05) is 11.0 Å². The summed E-state index contributed by atoms with van der Waals surface area (Å²) >= 11 is 1.33.